The molecule has 0 amide bonds. The molecule has 0 saturated heterocycles. The summed E-state index contributed by atoms with van der Waals surface area (Å²) in [5.41, 5.74) is -0.281. The fraction of sp³-hybridized carbons (Fsp3) is 0.556. The zero-order chi connectivity index (χ0) is 10.9. The van der Waals surface area contributed by atoms with Crippen LogP contribution in [-0.4, -0.2) is 9.55 Å². The molecule has 0 atom stereocenters. The van der Waals surface area contributed by atoms with Crippen LogP contribution in [-0.2, 0) is 6.54 Å². The lowest BCUT2D eigenvalue weighted by molar-refractivity contribution is 0.649. The molecule has 1 N–H and O–H groups in total. The van der Waals surface area contributed by atoms with Crippen LogP contribution in [0.4, 0.5) is 0 Å². The van der Waals surface area contributed by atoms with Crippen molar-refractivity contribution in [3.05, 3.63) is 31.6 Å². The Bertz CT molecular complexity index is 445. The molecular weight excluding hydrogens is 204 g/mol. The Morgan fingerprint density at radius 2 is 2.00 bits per heavy atom. The molecule has 1 rings (SSSR count). The topological polar surface area (TPSA) is 54.9 Å². The normalized spacial score (nSPS) is 10.9. The molecule has 0 aliphatic heterocycles. The van der Waals surface area contributed by atoms with Crippen molar-refractivity contribution in [1.82, 2.24) is 9.55 Å². The first-order valence-electron chi connectivity index (χ1n) is 4.51. The third kappa shape index (κ3) is 1.75. The Balaban J connectivity index is 3.61. The van der Waals surface area contributed by atoms with E-state index in [4.69, 9.17) is 11.6 Å². The van der Waals surface area contributed by atoms with Crippen molar-refractivity contribution >= 4 is 11.6 Å². The van der Waals surface area contributed by atoms with Crippen molar-refractivity contribution in [3.63, 3.8) is 0 Å². The average molecular weight is 217 g/mol. The zero-order valence-electron chi connectivity index (χ0n) is 8.43. The maximum absolute atomic E-state index is 11.7. The van der Waals surface area contributed by atoms with E-state index in [1.165, 1.54) is 0 Å². The number of rotatable bonds is 2. The van der Waals surface area contributed by atoms with Gasteiger partial charge in [-0.05, 0) is 12.8 Å². The lowest BCUT2D eigenvalue weighted by atomic mass is 10.1. The van der Waals surface area contributed by atoms with Crippen molar-refractivity contribution in [2.75, 3.05) is 0 Å². The summed E-state index contributed by atoms with van der Waals surface area (Å²) in [6, 6.07) is 0. The van der Waals surface area contributed by atoms with E-state index in [0.717, 1.165) is 4.57 Å². The maximum Gasteiger partial charge on any atom is 0.329 e. The molecule has 14 heavy (non-hydrogen) atoms. The van der Waals surface area contributed by atoms with Gasteiger partial charge in [-0.2, -0.15) is 0 Å². The first-order chi connectivity index (χ1) is 6.49. The molecule has 0 aromatic carbocycles. The van der Waals surface area contributed by atoms with E-state index >= 15 is 0 Å². The van der Waals surface area contributed by atoms with E-state index in [1.807, 2.05) is 13.8 Å². The second kappa shape index (κ2) is 4.00. The van der Waals surface area contributed by atoms with Crippen LogP contribution in [0.2, 0.25) is 5.15 Å². The number of aromatic nitrogens is 2. The molecule has 78 valence electrons. The Morgan fingerprint density at radius 1 is 1.43 bits per heavy atom. The van der Waals surface area contributed by atoms with Crippen molar-refractivity contribution < 1.29 is 0 Å². The third-order valence-corrected chi connectivity index (χ3v) is 2.37. The molecule has 1 aromatic rings. The minimum absolute atomic E-state index is 0.00431. The van der Waals surface area contributed by atoms with Crippen molar-refractivity contribution in [3.8, 4) is 0 Å². The van der Waals surface area contributed by atoms with Gasteiger partial charge in [-0.3, -0.25) is 14.3 Å². The highest BCUT2D eigenvalue weighted by Crippen LogP contribution is 2.16. The third-order valence-electron chi connectivity index (χ3n) is 2.07. The number of halogens is 1. The summed E-state index contributed by atoms with van der Waals surface area (Å²) in [6.45, 7) is 5.82. The van der Waals surface area contributed by atoms with Gasteiger partial charge in [-0.25, -0.2) is 4.79 Å². The SMILES string of the molecule is CCn1c(=O)[nH]c(Cl)c(C(C)C)c1=O. The Kier molecular flexibility index (Phi) is 3.16. The van der Waals surface area contributed by atoms with E-state index in [9.17, 15) is 9.59 Å². The Hall–Kier alpha value is -1.03. The molecule has 4 nitrogen and oxygen atoms in total. The second-order valence-corrected chi connectivity index (χ2v) is 3.74. The van der Waals surface area contributed by atoms with Crippen LogP contribution in [0.1, 0.15) is 32.3 Å². The molecule has 0 bridgehead atoms. The highest BCUT2D eigenvalue weighted by Gasteiger charge is 2.14. The number of H-pyrrole nitrogens is 1. The monoisotopic (exact) mass is 216 g/mol. The van der Waals surface area contributed by atoms with E-state index in [0.29, 0.717) is 12.1 Å². The van der Waals surface area contributed by atoms with Gasteiger partial charge in [-0.1, -0.05) is 25.4 Å². The van der Waals surface area contributed by atoms with E-state index in [-0.39, 0.29) is 16.6 Å². The molecule has 0 aliphatic rings. The number of aromatic amines is 1. The molecule has 0 saturated carbocycles. The molecular formula is C9H13ClN2O2. The number of nitrogens with one attached hydrogen (secondary N) is 1. The first kappa shape index (κ1) is 11.0. The molecule has 1 heterocycles. The minimum atomic E-state index is -0.452. The van der Waals surface area contributed by atoms with Gasteiger partial charge in [0.25, 0.3) is 5.56 Å². The molecule has 5 heteroatoms. The van der Waals surface area contributed by atoms with Gasteiger partial charge < -0.3 is 0 Å². The highest BCUT2D eigenvalue weighted by atomic mass is 35.5. The van der Waals surface area contributed by atoms with E-state index < -0.39 is 5.69 Å². The van der Waals surface area contributed by atoms with Gasteiger partial charge in [0.05, 0.1) is 5.56 Å². The van der Waals surface area contributed by atoms with Crippen LogP contribution in [0, 0.1) is 0 Å². The average Bonchev–Trinajstić information content (AvgIpc) is 2.02. The molecule has 1 aromatic heterocycles. The summed E-state index contributed by atoms with van der Waals surface area (Å²) in [5, 5.41) is 0.153. The van der Waals surface area contributed by atoms with Gasteiger partial charge in [0.2, 0.25) is 0 Å². The van der Waals surface area contributed by atoms with E-state index in [2.05, 4.69) is 4.98 Å². The van der Waals surface area contributed by atoms with Crippen LogP contribution < -0.4 is 11.2 Å². The maximum atomic E-state index is 11.7. The second-order valence-electron chi connectivity index (χ2n) is 3.36. The Morgan fingerprint density at radius 3 is 2.43 bits per heavy atom. The summed E-state index contributed by atoms with van der Waals surface area (Å²) in [5.74, 6) is 0.00431. The number of hydrogen-bond acceptors (Lipinski definition) is 2. The predicted octanol–water partition coefficient (Wildman–Crippen LogP) is 1.33. The standard InChI is InChI=1S/C9H13ClN2O2/c1-4-12-8(13)6(5(2)3)7(10)11-9(12)14/h5H,4H2,1-3H3,(H,11,14). The van der Waals surface area contributed by atoms with Crippen LogP contribution in [0.15, 0.2) is 9.59 Å². The number of nitrogens with zero attached hydrogens (tertiary/aromatic N) is 1. The highest BCUT2D eigenvalue weighted by molar-refractivity contribution is 6.30. The predicted molar refractivity (Wildman–Crippen MR) is 56.1 cm³/mol. The summed E-state index contributed by atoms with van der Waals surface area (Å²) in [6.07, 6.45) is 0. The first-order valence-corrected chi connectivity index (χ1v) is 4.89. The summed E-state index contributed by atoms with van der Waals surface area (Å²) < 4.78 is 1.14. The van der Waals surface area contributed by atoms with Crippen LogP contribution in [0.5, 0.6) is 0 Å². The van der Waals surface area contributed by atoms with Crippen LogP contribution in [0.3, 0.4) is 0 Å². The van der Waals surface area contributed by atoms with Crippen LogP contribution in [0.25, 0.3) is 0 Å². The lowest BCUT2D eigenvalue weighted by Gasteiger charge is -2.09. The smallest absolute Gasteiger partial charge is 0.297 e. The quantitative estimate of drug-likeness (QED) is 0.759. The Labute approximate surface area is 86.5 Å². The summed E-state index contributed by atoms with van der Waals surface area (Å²) >= 11 is 5.79. The summed E-state index contributed by atoms with van der Waals surface area (Å²) in [4.78, 5) is 25.5. The van der Waals surface area contributed by atoms with Crippen LogP contribution >= 0.6 is 11.6 Å². The fourth-order valence-corrected chi connectivity index (χ4v) is 1.73. The van der Waals surface area contributed by atoms with Gasteiger partial charge in [0, 0.05) is 6.54 Å². The molecule has 0 radical (unpaired) electrons. The fourth-order valence-electron chi connectivity index (χ4n) is 1.35. The molecule has 0 unspecified atom stereocenters. The molecule has 0 spiro atoms. The van der Waals surface area contributed by atoms with Crippen molar-refractivity contribution in [1.29, 1.82) is 0 Å². The van der Waals surface area contributed by atoms with E-state index in [1.54, 1.807) is 6.92 Å². The van der Waals surface area contributed by atoms with Crippen molar-refractivity contribution in [2.45, 2.75) is 33.2 Å². The van der Waals surface area contributed by atoms with Gasteiger partial charge in [-0.15, -0.1) is 0 Å². The van der Waals surface area contributed by atoms with Gasteiger partial charge >= 0.3 is 5.69 Å². The molecule has 0 aliphatic carbocycles. The number of hydrogen-bond donors (Lipinski definition) is 1. The van der Waals surface area contributed by atoms with Gasteiger partial charge in [0.15, 0.2) is 0 Å². The largest absolute Gasteiger partial charge is 0.329 e. The zero-order valence-corrected chi connectivity index (χ0v) is 9.18. The van der Waals surface area contributed by atoms with Crippen molar-refractivity contribution in [2.24, 2.45) is 0 Å². The summed E-state index contributed by atoms with van der Waals surface area (Å²) in [7, 11) is 0. The minimum Gasteiger partial charge on any atom is -0.297 e. The lowest BCUT2D eigenvalue weighted by Crippen LogP contribution is -2.37. The van der Waals surface area contributed by atoms with Gasteiger partial charge in [0.1, 0.15) is 5.15 Å². The molecule has 0 fully saturated rings.